The molecule has 0 atom stereocenters. The topological polar surface area (TPSA) is 9.23 Å². The van der Waals surface area contributed by atoms with E-state index in [4.69, 9.17) is 4.74 Å². The summed E-state index contributed by atoms with van der Waals surface area (Å²) in [6.45, 7) is 2.92. The number of thiophene rings is 1. The Morgan fingerprint density at radius 2 is 2.23 bits per heavy atom. The van der Waals surface area contributed by atoms with Gasteiger partial charge in [0, 0.05) is 4.70 Å². The number of hydrogen-bond donors (Lipinski definition) is 0. The predicted molar refractivity (Wildman–Crippen MR) is 57.6 cm³/mol. The zero-order valence-electron chi connectivity index (χ0n) is 7.62. The van der Waals surface area contributed by atoms with Crippen molar-refractivity contribution in [3.8, 4) is 5.75 Å². The van der Waals surface area contributed by atoms with E-state index in [1.165, 1.54) is 10.1 Å². The third kappa shape index (κ3) is 1.83. The lowest BCUT2D eigenvalue weighted by Gasteiger charge is -2.03. The maximum Gasteiger partial charge on any atom is 0.120 e. The molecule has 0 amide bonds. The molecule has 0 aliphatic rings. The van der Waals surface area contributed by atoms with Crippen molar-refractivity contribution in [2.75, 3.05) is 6.61 Å². The van der Waals surface area contributed by atoms with Crippen LogP contribution in [0.3, 0.4) is 0 Å². The van der Waals surface area contributed by atoms with Gasteiger partial charge < -0.3 is 4.74 Å². The van der Waals surface area contributed by atoms with E-state index in [1.54, 1.807) is 11.3 Å². The fraction of sp³-hybridized carbons (Fsp3) is 0.273. The summed E-state index contributed by atoms with van der Waals surface area (Å²) in [5.41, 5.74) is 0. The van der Waals surface area contributed by atoms with Crippen molar-refractivity contribution >= 4 is 21.4 Å². The molecule has 0 aliphatic heterocycles. The minimum Gasteiger partial charge on any atom is -0.494 e. The molecular formula is C11H12OS. The Labute approximate surface area is 82.0 Å². The zero-order valence-corrected chi connectivity index (χ0v) is 8.43. The lowest BCUT2D eigenvalue weighted by Crippen LogP contribution is -1.93. The van der Waals surface area contributed by atoms with Gasteiger partial charge in [-0.2, -0.15) is 0 Å². The third-order valence-corrected chi connectivity index (χ3v) is 2.78. The molecule has 2 rings (SSSR count). The summed E-state index contributed by atoms with van der Waals surface area (Å²) >= 11 is 1.75. The van der Waals surface area contributed by atoms with Gasteiger partial charge in [0.15, 0.2) is 0 Å². The van der Waals surface area contributed by atoms with Crippen LogP contribution in [0.1, 0.15) is 13.3 Å². The number of hydrogen-bond acceptors (Lipinski definition) is 2. The zero-order chi connectivity index (χ0) is 9.10. The van der Waals surface area contributed by atoms with Crippen LogP contribution in [0.5, 0.6) is 5.75 Å². The van der Waals surface area contributed by atoms with Crippen molar-refractivity contribution in [3.63, 3.8) is 0 Å². The van der Waals surface area contributed by atoms with E-state index in [-0.39, 0.29) is 0 Å². The second-order valence-corrected chi connectivity index (χ2v) is 3.92. The molecule has 1 nitrogen and oxygen atoms in total. The highest BCUT2D eigenvalue weighted by Gasteiger charge is 1.97. The molecule has 0 aliphatic carbocycles. The molecule has 0 bridgehead atoms. The maximum absolute atomic E-state index is 5.54. The summed E-state index contributed by atoms with van der Waals surface area (Å²) in [5, 5.41) is 3.41. The monoisotopic (exact) mass is 192 g/mol. The quantitative estimate of drug-likeness (QED) is 0.720. The van der Waals surface area contributed by atoms with Crippen LogP contribution < -0.4 is 4.74 Å². The van der Waals surface area contributed by atoms with Crippen LogP contribution in [-0.4, -0.2) is 6.61 Å². The first-order valence-corrected chi connectivity index (χ1v) is 5.38. The Hall–Kier alpha value is -1.02. The second-order valence-electron chi connectivity index (χ2n) is 2.97. The van der Waals surface area contributed by atoms with E-state index in [0.29, 0.717) is 0 Å². The van der Waals surface area contributed by atoms with Gasteiger partial charge in [0.1, 0.15) is 5.75 Å². The van der Waals surface area contributed by atoms with Crippen LogP contribution >= 0.6 is 11.3 Å². The molecule has 68 valence electrons. The second kappa shape index (κ2) is 3.79. The Morgan fingerprint density at radius 1 is 1.31 bits per heavy atom. The lowest BCUT2D eigenvalue weighted by atomic mass is 10.2. The molecule has 0 unspecified atom stereocenters. The van der Waals surface area contributed by atoms with E-state index in [2.05, 4.69) is 30.5 Å². The van der Waals surface area contributed by atoms with Crippen LogP contribution in [-0.2, 0) is 0 Å². The smallest absolute Gasteiger partial charge is 0.120 e. The first kappa shape index (κ1) is 8.57. The minimum absolute atomic E-state index is 0.802. The highest BCUT2D eigenvalue weighted by atomic mass is 32.1. The molecule has 1 aromatic carbocycles. The van der Waals surface area contributed by atoms with Gasteiger partial charge in [0.25, 0.3) is 0 Å². The highest BCUT2D eigenvalue weighted by molar-refractivity contribution is 7.17. The summed E-state index contributed by atoms with van der Waals surface area (Å²) in [6.07, 6.45) is 1.06. The van der Waals surface area contributed by atoms with Gasteiger partial charge in [-0.3, -0.25) is 0 Å². The Balaban J connectivity index is 2.26. The highest BCUT2D eigenvalue weighted by Crippen LogP contribution is 2.25. The summed E-state index contributed by atoms with van der Waals surface area (Å²) in [5.74, 6) is 0.983. The van der Waals surface area contributed by atoms with Crippen LogP contribution in [0.15, 0.2) is 29.6 Å². The largest absolute Gasteiger partial charge is 0.494 e. The first-order chi connectivity index (χ1) is 6.40. The van der Waals surface area contributed by atoms with Crippen molar-refractivity contribution in [3.05, 3.63) is 29.6 Å². The molecule has 0 saturated heterocycles. The molecule has 0 fully saturated rings. The molecule has 13 heavy (non-hydrogen) atoms. The normalized spacial score (nSPS) is 10.5. The molecule has 0 radical (unpaired) electrons. The van der Waals surface area contributed by atoms with Gasteiger partial charge in [-0.1, -0.05) is 6.92 Å². The minimum atomic E-state index is 0.802. The van der Waals surface area contributed by atoms with E-state index in [0.717, 1.165) is 18.8 Å². The van der Waals surface area contributed by atoms with Crippen molar-refractivity contribution in [2.45, 2.75) is 13.3 Å². The van der Waals surface area contributed by atoms with E-state index >= 15 is 0 Å². The Bertz CT molecular complexity index is 392. The van der Waals surface area contributed by atoms with Gasteiger partial charge >= 0.3 is 0 Å². The predicted octanol–water partition coefficient (Wildman–Crippen LogP) is 3.69. The molecule has 0 saturated carbocycles. The number of fused-ring (bicyclic) bond motifs is 1. The van der Waals surface area contributed by atoms with E-state index in [1.807, 2.05) is 6.07 Å². The molecule has 0 N–H and O–H groups in total. The van der Waals surface area contributed by atoms with Crippen molar-refractivity contribution < 1.29 is 4.74 Å². The van der Waals surface area contributed by atoms with Crippen LogP contribution in [0.2, 0.25) is 0 Å². The van der Waals surface area contributed by atoms with Crippen LogP contribution in [0.4, 0.5) is 0 Å². The number of ether oxygens (including phenoxy) is 1. The van der Waals surface area contributed by atoms with Crippen molar-refractivity contribution in [2.24, 2.45) is 0 Å². The lowest BCUT2D eigenvalue weighted by molar-refractivity contribution is 0.318. The molecule has 1 aromatic heterocycles. The Morgan fingerprint density at radius 3 is 3.08 bits per heavy atom. The van der Waals surface area contributed by atoms with Crippen LogP contribution in [0, 0.1) is 0 Å². The summed E-state index contributed by atoms with van der Waals surface area (Å²) in [4.78, 5) is 0. The molecule has 2 heteroatoms. The molecular weight excluding hydrogens is 180 g/mol. The van der Waals surface area contributed by atoms with E-state index in [9.17, 15) is 0 Å². The third-order valence-electron chi connectivity index (χ3n) is 1.90. The van der Waals surface area contributed by atoms with Gasteiger partial charge in [-0.05, 0) is 41.5 Å². The summed E-state index contributed by atoms with van der Waals surface area (Å²) < 4.78 is 6.84. The van der Waals surface area contributed by atoms with Gasteiger partial charge in [0.2, 0.25) is 0 Å². The van der Waals surface area contributed by atoms with Crippen molar-refractivity contribution in [1.29, 1.82) is 0 Å². The molecule has 1 heterocycles. The fourth-order valence-corrected chi connectivity index (χ4v) is 2.06. The van der Waals surface area contributed by atoms with Gasteiger partial charge in [-0.15, -0.1) is 11.3 Å². The number of rotatable bonds is 3. The summed E-state index contributed by atoms with van der Waals surface area (Å²) in [7, 11) is 0. The molecule has 0 spiro atoms. The van der Waals surface area contributed by atoms with Crippen LogP contribution in [0.25, 0.3) is 10.1 Å². The first-order valence-electron chi connectivity index (χ1n) is 4.50. The van der Waals surface area contributed by atoms with Gasteiger partial charge in [-0.25, -0.2) is 0 Å². The SMILES string of the molecule is CCCOc1ccc2ccsc2c1. The van der Waals surface area contributed by atoms with Crippen molar-refractivity contribution in [1.82, 2.24) is 0 Å². The van der Waals surface area contributed by atoms with E-state index < -0.39 is 0 Å². The average Bonchev–Trinajstić information content (AvgIpc) is 2.61. The Kier molecular flexibility index (Phi) is 2.50. The standard InChI is InChI=1S/C11H12OS/c1-2-6-12-10-4-3-9-5-7-13-11(9)8-10/h3-5,7-8H,2,6H2,1H3. The summed E-state index contributed by atoms with van der Waals surface area (Å²) in [6, 6.07) is 8.38. The molecule has 2 aromatic rings. The fourth-order valence-electron chi connectivity index (χ4n) is 1.24. The average molecular weight is 192 g/mol. The van der Waals surface area contributed by atoms with Gasteiger partial charge in [0.05, 0.1) is 6.61 Å². The number of benzene rings is 1. The maximum atomic E-state index is 5.54.